The first kappa shape index (κ1) is 16.7. The van der Waals surface area contributed by atoms with Gasteiger partial charge in [0, 0.05) is 30.6 Å². The van der Waals surface area contributed by atoms with E-state index in [1.807, 2.05) is 0 Å². The Morgan fingerprint density at radius 2 is 1.23 bits per heavy atom. The van der Waals surface area contributed by atoms with Crippen LogP contribution in [0, 0.1) is 17.3 Å². The smallest absolute Gasteiger partial charge is 0.0569 e. The van der Waals surface area contributed by atoms with E-state index in [-0.39, 0.29) is 0 Å². The van der Waals surface area contributed by atoms with Crippen molar-refractivity contribution >= 4 is 0 Å². The molecule has 0 spiro atoms. The molecule has 0 aromatic heterocycles. The summed E-state index contributed by atoms with van der Waals surface area (Å²) in [6, 6.07) is 1.47. The molecule has 3 heteroatoms. The highest BCUT2D eigenvalue weighted by molar-refractivity contribution is 4.93. The van der Waals surface area contributed by atoms with Crippen LogP contribution in [0.2, 0.25) is 0 Å². The second-order valence-corrected chi connectivity index (χ2v) is 8.49. The highest BCUT2D eigenvalue weighted by atomic mass is 16.5. The highest BCUT2D eigenvalue weighted by Gasteiger charge is 2.40. The first-order valence-electron chi connectivity index (χ1n) is 9.73. The molecule has 1 saturated heterocycles. The summed E-state index contributed by atoms with van der Waals surface area (Å²) >= 11 is 0. The topological polar surface area (TPSA) is 33.3 Å². The Kier molecular flexibility index (Phi) is 5.80. The first-order chi connectivity index (χ1) is 10.7. The highest BCUT2D eigenvalue weighted by Crippen LogP contribution is 2.30. The summed E-state index contributed by atoms with van der Waals surface area (Å²) in [5.74, 6) is 1.69. The molecular weight excluding hydrogens is 272 g/mol. The molecule has 3 nitrogen and oxygen atoms in total. The molecule has 4 atom stereocenters. The van der Waals surface area contributed by atoms with Crippen LogP contribution in [0.5, 0.6) is 0 Å². The molecule has 2 N–H and O–H groups in total. The van der Waals surface area contributed by atoms with Crippen molar-refractivity contribution in [2.45, 2.75) is 77.3 Å². The van der Waals surface area contributed by atoms with Crippen molar-refractivity contribution in [3.05, 3.63) is 0 Å². The van der Waals surface area contributed by atoms with Gasteiger partial charge in [-0.05, 0) is 37.5 Å². The molecule has 1 aliphatic heterocycles. The number of hydrogen-bond acceptors (Lipinski definition) is 3. The van der Waals surface area contributed by atoms with Crippen LogP contribution in [0.15, 0.2) is 0 Å². The zero-order chi connectivity index (χ0) is 15.4. The molecule has 0 bridgehead atoms. The Morgan fingerprint density at radius 1 is 0.773 bits per heavy atom. The SMILES string of the molecule is C[C@@H]1CCCC[C@@H]1NCC1(CN[C@H]2CCCC[C@@H]2C)COC1. The van der Waals surface area contributed by atoms with Crippen molar-refractivity contribution in [1.82, 2.24) is 10.6 Å². The van der Waals surface area contributed by atoms with E-state index in [1.54, 1.807) is 0 Å². The molecule has 0 aromatic rings. The third kappa shape index (κ3) is 4.04. The Labute approximate surface area is 137 Å². The first-order valence-corrected chi connectivity index (χ1v) is 9.73. The molecule has 128 valence electrons. The molecule has 2 aliphatic carbocycles. The van der Waals surface area contributed by atoms with Gasteiger partial charge in [-0.1, -0.05) is 39.5 Å². The monoisotopic (exact) mass is 308 g/mol. The molecule has 3 fully saturated rings. The van der Waals surface area contributed by atoms with Crippen LogP contribution < -0.4 is 10.6 Å². The van der Waals surface area contributed by atoms with Crippen molar-refractivity contribution in [3.8, 4) is 0 Å². The minimum atomic E-state index is 0.355. The zero-order valence-corrected chi connectivity index (χ0v) is 14.7. The minimum Gasteiger partial charge on any atom is -0.380 e. The van der Waals surface area contributed by atoms with Crippen LogP contribution in [0.1, 0.15) is 65.2 Å². The summed E-state index contributed by atoms with van der Waals surface area (Å²) in [6.45, 7) is 8.99. The van der Waals surface area contributed by atoms with Crippen LogP contribution in [-0.2, 0) is 4.74 Å². The molecule has 0 radical (unpaired) electrons. The zero-order valence-electron chi connectivity index (χ0n) is 14.7. The molecular formula is C19H36N2O. The van der Waals surface area contributed by atoms with E-state index in [9.17, 15) is 0 Å². The lowest BCUT2D eigenvalue weighted by Gasteiger charge is -2.45. The van der Waals surface area contributed by atoms with E-state index in [4.69, 9.17) is 4.74 Å². The molecule has 2 saturated carbocycles. The average molecular weight is 309 g/mol. The van der Waals surface area contributed by atoms with E-state index in [0.29, 0.717) is 5.41 Å². The van der Waals surface area contributed by atoms with Crippen LogP contribution in [0.4, 0.5) is 0 Å². The van der Waals surface area contributed by atoms with Crippen LogP contribution in [-0.4, -0.2) is 38.4 Å². The van der Waals surface area contributed by atoms with Crippen molar-refractivity contribution in [3.63, 3.8) is 0 Å². The maximum Gasteiger partial charge on any atom is 0.0569 e. The van der Waals surface area contributed by atoms with Gasteiger partial charge in [0.25, 0.3) is 0 Å². The Bertz CT molecular complexity index is 314. The fourth-order valence-electron chi connectivity index (χ4n) is 4.59. The minimum absolute atomic E-state index is 0.355. The van der Waals surface area contributed by atoms with Gasteiger partial charge in [-0.3, -0.25) is 0 Å². The van der Waals surface area contributed by atoms with E-state index < -0.39 is 0 Å². The van der Waals surface area contributed by atoms with E-state index in [0.717, 1.165) is 50.2 Å². The second kappa shape index (κ2) is 7.63. The van der Waals surface area contributed by atoms with Gasteiger partial charge < -0.3 is 15.4 Å². The van der Waals surface area contributed by atoms with Crippen molar-refractivity contribution < 1.29 is 4.74 Å². The lowest BCUT2D eigenvalue weighted by atomic mass is 9.81. The normalized spacial score (nSPS) is 38.5. The van der Waals surface area contributed by atoms with Gasteiger partial charge in [0.1, 0.15) is 0 Å². The summed E-state index contributed by atoms with van der Waals surface area (Å²) in [5.41, 5.74) is 0.355. The number of hydrogen-bond donors (Lipinski definition) is 2. The predicted molar refractivity (Wildman–Crippen MR) is 92.1 cm³/mol. The van der Waals surface area contributed by atoms with Crippen LogP contribution >= 0.6 is 0 Å². The number of rotatable bonds is 6. The van der Waals surface area contributed by atoms with Gasteiger partial charge in [-0.15, -0.1) is 0 Å². The van der Waals surface area contributed by atoms with Gasteiger partial charge in [0.05, 0.1) is 13.2 Å². The van der Waals surface area contributed by atoms with Crippen LogP contribution in [0.3, 0.4) is 0 Å². The Hall–Kier alpha value is -0.120. The molecule has 22 heavy (non-hydrogen) atoms. The fourth-order valence-corrected chi connectivity index (χ4v) is 4.59. The van der Waals surface area contributed by atoms with Gasteiger partial charge in [-0.25, -0.2) is 0 Å². The maximum absolute atomic E-state index is 5.59. The summed E-state index contributed by atoms with van der Waals surface area (Å²) < 4.78 is 5.59. The standard InChI is InChI=1S/C19H36N2O/c1-15-7-3-5-9-17(15)20-11-19(13-22-14-19)12-21-18-10-6-4-8-16(18)2/h15-18,20-21H,3-14H2,1-2H3/t15-,16+,17-,18-/m0/s1. The lowest BCUT2D eigenvalue weighted by Crippen LogP contribution is -2.59. The molecule has 3 aliphatic rings. The third-order valence-corrected chi connectivity index (χ3v) is 6.52. The van der Waals surface area contributed by atoms with Gasteiger partial charge in [0.15, 0.2) is 0 Å². The summed E-state index contributed by atoms with van der Waals surface area (Å²) in [4.78, 5) is 0. The van der Waals surface area contributed by atoms with Gasteiger partial charge >= 0.3 is 0 Å². The number of ether oxygens (including phenoxy) is 1. The summed E-state index contributed by atoms with van der Waals surface area (Å²) in [6.07, 6.45) is 11.2. The average Bonchev–Trinajstić information content (AvgIpc) is 2.49. The van der Waals surface area contributed by atoms with Crippen LogP contribution in [0.25, 0.3) is 0 Å². The molecule has 0 amide bonds. The predicted octanol–water partition coefficient (Wildman–Crippen LogP) is 3.34. The molecule has 0 aromatic carbocycles. The van der Waals surface area contributed by atoms with E-state index >= 15 is 0 Å². The van der Waals surface area contributed by atoms with Gasteiger partial charge in [-0.2, -0.15) is 0 Å². The van der Waals surface area contributed by atoms with Crippen molar-refractivity contribution in [2.75, 3.05) is 26.3 Å². The Balaban J connectivity index is 1.45. The number of nitrogens with one attached hydrogen (secondary N) is 2. The molecule has 3 rings (SSSR count). The largest absolute Gasteiger partial charge is 0.380 e. The van der Waals surface area contributed by atoms with E-state index in [1.165, 1.54) is 51.4 Å². The summed E-state index contributed by atoms with van der Waals surface area (Å²) in [7, 11) is 0. The van der Waals surface area contributed by atoms with Crippen molar-refractivity contribution in [2.24, 2.45) is 17.3 Å². The second-order valence-electron chi connectivity index (χ2n) is 8.49. The van der Waals surface area contributed by atoms with Gasteiger partial charge in [0.2, 0.25) is 0 Å². The fraction of sp³-hybridized carbons (Fsp3) is 1.00. The Morgan fingerprint density at radius 3 is 1.59 bits per heavy atom. The van der Waals surface area contributed by atoms with E-state index in [2.05, 4.69) is 24.5 Å². The summed E-state index contributed by atoms with van der Waals surface area (Å²) in [5, 5.41) is 7.79. The molecule has 1 heterocycles. The third-order valence-electron chi connectivity index (χ3n) is 6.52. The lowest BCUT2D eigenvalue weighted by molar-refractivity contribution is -0.112. The van der Waals surface area contributed by atoms with Crippen molar-refractivity contribution in [1.29, 1.82) is 0 Å². The quantitative estimate of drug-likeness (QED) is 0.789. The maximum atomic E-state index is 5.59. The molecule has 0 unspecified atom stereocenters.